The molecule has 210 valence electrons. The fourth-order valence-corrected chi connectivity index (χ4v) is 4.95. The van der Waals surface area contributed by atoms with Crippen molar-refractivity contribution in [3.05, 3.63) is 119 Å². The molecule has 0 saturated carbocycles. The van der Waals surface area contributed by atoms with Crippen molar-refractivity contribution in [1.82, 2.24) is 4.90 Å². The molecule has 0 fully saturated rings. The SMILES string of the molecule is COc1ccc(O[C@@H](C(=O)N2Cc3ccc(OC)c(OCc4ccccc4)c3C[C@@H]2C(=O)O)c2ccccc2)cc1. The number of nitrogens with zero attached hydrogens (tertiary/aromatic N) is 1. The van der Waals surface area contributed by atoms with Gasteiger partial charge in [-0.05, 0) is 41.5 Å². The predicted octanol–water partition coefficient (Wildman–Crippen LogP) is 5.44. The number of rotatable bonds is 10. The molecule has 0 radical (unpaired) electrons. The van der Waals surface area contributed by atoms with E-state index in [0.29, 0.717) is 40.7 Å². The maximum absolute atomic E-state index is 14.1. The van der Waals surface area contributed by atoms with Crippen LogP contribution in [0.3, 0.4) is 0 Å². The summed E-state index contributed by atoms with van der Waals surface area (Å²) >= 11 is 0. The normalized spacial score (nSPS) is 14.9. The molecule has 4 aromatic rings. The minimum Gasteiger partial charge on any atom is -0.497 e. The Morgan fingerprint density at radius 1 is 0.854 bits per heavy atom. The van der Waals surface area contributed by atoms with Crippen LogP contribution in [0.2, 0.25) is 0 Å². The van der Waals surface area contributed by atoms with Crippen LogP contribution in [0.1, 0.15) is 28.4 Å². The molecular weight excluding hydrogens is 522 g/mol. The van der Waals surface area contributed by atoms with Crippen LogP contribution < -0.4 is 18.9 Å². The van der Waals surface area contributed by atoms with E-state index in [0.717, 1.165) is 11.1 Å². The molecule has 8 nitrogen and oxygen atoms in total. The molecule has 4 aromatic carbocycles. The zero-order chi connectivity index (χ0) is 28.8. The molecule has 0 saturated heterocycles. The van der Waals surface area contributed by atoms with E-state index >= 15 is 0 Å². The molecule has 1 N–H and O–H groups in total. The lowest BCUT2D eigenvalue weighted by molar-refractivity contribution is -0.155. The molecule has 2 atom stereocenters. The van der Waals surface area contributed by atoms with Crippen molar-refractivity contribution in [2.75, 3.05) is 14.2 Å². The van der Waals surface area contributed by atoms with Gasteiger partial charge in [0, 0.05) is 24.1 Å². The van der Waals surface area contributed by atoms with Crippen molar-refractivity contribution in [3.63, 3.8) is 0 Å². The molecular formula is C33H31NO7. The fourth-order valence-electron chi connectivity index (χ4n) is 4.95. The third kappa shape index (κ3) is 6.11. The standard InChI is InChI=1S/C33H31NO7/c1-38-25-14-16-26(17-15-25)41-30(23-11-7-4-8-12-23)32(35)34-20-24-13-18-29(39-2)31(27(24)19-28(34)33(36)37)40-21-22-9-5-3-6-10-22/h3-18,28,30H,19-21H2,1-2H3,(H,36,37)/t28-,30-/m1/s1. The fraction of sp³-hybridized carbons (Fsp3) is 0.212. The second-order valence-corrected chi connectivity index (χ2v) is 9.62. The maximum Gasteiger partial charge on any atom is 0.326 e. The summed E-state index contributed by atoms with van der Waals surface area (Å²) < 4.78 is 23.2. The van der Waals surface area contributed by atoms with Gasteiger partial charge in [-0.3, -0.25) is 4.79 Å². The molecule has 1 aliphatic heterocycles. The van der Waals surface area contributed by atoms with Crippen molar-refractivity contribution in [2.24, 2.45) is 0 Å². The Morgan fingerprint density at radius 3 is 2.15 bits per heavy atom. The molecule has 41 heavy (non-hydrogen) atoms. The van der Waals surface area contributed by atoms with E-state index in [1.807, 2.05) is 54.6 Å². The Labute approximate surface area is 238 Å². The third-order valence-electron chi connectivity index (χ3n) is 7.09. The summed E-state index contributed by atoms with van der Waals surface area (Å²) in [5.41, 5.74) is 3.08. The summed E-state index contributed by atoms with van der Waals surface area (Å²) in [6.07, 6.45) is -0.998. The molecule has 0 spiro atoms. The second-order valence-electron chi connectivity index (χ2n) is 9.62. The number of aliphatic carboxylic acids is 1. The van der Waals surface area contributed by atoms with E-state index in [1.54, 1.807) is 56.7 Å². The molecule has 5 rings (SSSR count). The van der Waals surface area contributed by atoms with Gasteiger partial charge >= 0.3 is 5.97 Å². The van der Waals surface area contributed by atoms with E-state index in [1.165, 1.54) is 4.90 Å². The number of amides is 1. The lowest BCUT2D eigenvalue weighted by Crippen LogP contribution is -2.51. The zero-order valence-corrected chi connectivity index (χ0v) is 22.9. The number of hydrogen-bond donors (Lipinski definition) is 1. The summed E-state index contributed by atoms with van der Waals surface area (Å²) in [5.74, 6) is 0.539. The van der Waals surface area contributed by atoms with Gasteiger partial charge in [0.25, 0.3) is 5.91 Å². The van der Waals surface area contributed by atoms with Crippen molar-refractivity contribution < 1.29 is 33.6 Å². The highest BCUT2D eigenvalue weighted by atomic mass is 16.5. The molecule has 0 bridgehead atoms. The van der Waals surface area contributed by atoms with Crippen LogP contribution in [-0.2, 0) is 29.2 Å². The van der Waals surface area contributed by atoms with Crippen LogP contribution in [-0.4, -0.2) is 42.1 Å². The maximum atomic E-state index is 14.1. The first kappa shape index (κ1) is 27.6. The van der Waals surface area contributed by atoms with Crippen LogP contribution in [0.5, 0.6) is 23.0 Å². The number of carbonyl (C=O) groups is 2. The topological polar surface area (TPSA) is 94.5 Å². The molecule has 1 heterocycles. The number of carboxylic acid groups (broad SMARTS) is 1. The molecule has 0 aliphatic carbocycles. The van der Waals surface area contributed by atoms with Gasteiger partial charge in [0.05, 0.1) is 14.2 Å². The number of methoxy groups -OCH3 is 2. The van der Waals surface area contributed by atoms with E-state index in [-0.39, 0.29) is 13.0 Å². The van der Waals surface area contributed by atoms with Crippen molar-refractivity contribution in [2.45, 2.75) is 31.7 Å². The number of benzene rings is 4. The Morgan fingerprint density at radius 2 is 1.51 bits per heavy atom. The summed E-state index contributed by atoms with van der Waals surface area (Å²) in [6, 6.07) is 28.2. The first-order valence-electron chi connectivity index (χ1n) is 13.2. The number of carbonyl (C=O) groups excluding carboxylic acids is 1. The molecule has 0 aromatic heterocycles. The Kier molecular flexibility index (Phi) is 8.39. The summed E-state index contributed by atoms with van der Waals surface area (Å²) in [4.78, 5) is 28.1. The summed E-state index contributed by atoms with van der Waals surface area (Å²) in [5, 5.41) is 10.3. The van der Waals surface area contributed by atoms with Crippen LogP contribution in [0.25, 0.3) is 0 Å². The lowest BCUT2D eigenvalue weighted by atomic mass is 9.91. The third-order valence-corrected chi connectivity index (χ3v) is 7.09. The van der Waals surface area contributed by atoms with Crippen molar-refractivity contribution in [3.8, 4) is 23.0 Å². The Bertz CT molecular complexity index is 1490. The predicted molar refractivity (Wildman–Crippen MR) is 152 cm³/mol. The van der Waals surface area contributed by atoms with Gasteiger partial charge in [-0.2, -0.15) is 0 Å². The average molecular weight is 554 g/mol. The van der Waals surface area contributed by atoms with Gasteiger partial charge < -0.3 is 29.0 Å². The number of ether oxygens (including phenoxy) is 4. The highest BCUT2D eigenvalue weighted by molar-refractivity contribution is 5.88. The van der Waals surface area contributed by atoms with E-state index in [4.69, 9.17) is 18.9 Å². The van der Waals surface area contributed by atoms with Crippen molar-refractivity contribution in [1.29, 1.82) is 0 Å². The smallest absolute Gasteiger partial charge is 0.326 e. The van der Waals surface area contributed by atoms with Crippen LogP contribution in [0.15, 0.2) is 97.1 Å². The minimum atomic E-state index is -1.13. The quantitative estimate of drug-likeness (QED) is 0.279. The highest BCUT2D eigenvalue weighted by Gasteiger charge is 2.40. The van der Waals surface area contributed by atoms with Gasteiger partial charge in [0.2, 0.25) is 6.10 Å². The van der Waals surface area contributed by atoms with Gasteiger partial charge in [0.15, 0.2) is 11.5 Å². The molecule has 8 heteroatoms. The van der Waals surface area contributed by atoms with Crippen LogP contribution in [0, 0.1) is 0 Å². The number of carboxylic acids is 1. The highest BCUT2D eigenvalue weighted by Crippen LogP contribution is 2.40. The zero-order valence-electron chi connectivity index (χ0n) is 22.9. The van der Waals surface area contributed by atoms with Gasteiger partial charge in [0.1, 0.15) is 24.1 Å². The first-order chi connectivity index (χ1) is 20.0. The Balaban J connectivity index is 1.47. The van der Waals surface area contributed by atoms with Crippen LogP contribution >= 0.6 is 0 Å². The Hall–Kier alpha value is -4.98. The second kappa shape index (κ2) is 12.5. The van der Waals surface area contributed by atoms with Gasteiger partial charge in [-0.25, -0.2) is 4.79 Å². The van der Waals surface area contributed by atoms with E-state index in [2.05, 4.69) is 0 Å². The summed E-state index contributed by atoms with van der Waals surface area (Å²) in [6.45, 7) is 0.367. The van der Waals surface area contributed by atoms with E-state index < -0.39 is 24.0 Å². The van der Waals surface area contributed by atoms with Crippen molar-refractivity contribution >= 4 is 11.9 Å². The van der Waals surface area contributed by atoms with Crippen LogP contribution in [0.4, 0.5) is 0 Å². The summed E-state index contributed by atoms with van der Waals surface area (Å²) in [7, 11) is 3.12. The number of hydrogen-bond acceptors (Lipinski definition) is 6. The lowest BCUT2D eigenvalue weighted by Gasteiger charge is -2.37. The largest absolute Gasteiger partial charge is 0.497 e. The number of fused-ring (bicyclic) bond motifs is 1. The van der Waals surface area contributed by atoms with Gasteiger partial charge in [-0.1, -0.05) is 66.7 Å². The molecule has 1 amide bonds. The monoisotopic (exact) mass is 553 g/mol. The average Bonchev–Trinajstić information content (AvgIpc) is 3.02. The molecule has 1 aliphatic rings. The first-order valence-corrected chi connectivity index (χ1v) is 13.2. The van der Waals surface area contributed by atoms with Gasteiger partial charge in [-0.15, -0.1) is 0 Å². The van der Waals surface area contributed by atoms with E-state index in [9.17, 15) is 14.7 Å². The molecule has 0 unspecified atom stereocenters. The minimum absolute atomic E-state index is 0.0573.